The fourth-order valence-electron chi connectivity index (χ4n) is 3.46. The summed E-state index contributed by atoms with van der Waals surface area (Å²) in [5, 5.41) is 9.67. The lowest BCUT2D eigenvalue weighted by atomic mass is 9.87. The molecule has 1 aliphatic heterocycles. The summed E-state index contributed by atoms with van der Waals surface area (Å²) in [7, 11) is 1.51. The molecule has 5 nitrogen and oxygen atoms in total. The van der Waals surface area contributed by atoms with Gasteiger partial charge in [-0.1, -0.05) is 13.0 Å². The van der Waals surface area contributed by atoms with E-state index in [1.807, 2.05) is 6.92 Å². The van der Waals surface area contributed by atoms with Crippen LogP contribution in [-0.2, 0) is 16.1 Å². The molecule has 0 aliphatic carbocycles. The van der Waals surface area contributed by atoms with Crippen LogP contribution in [0.1, 0.15) is 28.6 Å². The van der Waals surface area contributed by atoms with Crippen molar-refractivity contribution in [3.05, 3.63) is 34.5 Å². The van der Waals surface area contributed by atoms with Crippen LogP contribution < -0.4 is 0 Å². The van der Waals surface area contributed by atoms with Gasteiger partial charge in [-0.25, -0.2) is 4.39 Å². The Labute approximate surface area is 149 Å². The summed E-state index contributed by atoms with van der Waals surface area (Å²) in [5.74, 6) is -1.90. The second-order valence-corrected chi connectivity index (χ2v) is 7.47. The van der Waals surface area contributed by atoms with Crippen molar-refractivity contribution in [2.24, 2.45) is 11.8 Å². The minimum absolute atomic E-state index is 0.118. The summed E-state index contributed by atoms with van der Waals surface area (Å²) in [6.45, 7) is 2.78. The van der Waals surface area contributed by atoms with Crippen LogP contribution in [0.4, 0.5) is 4.39 Å². The molecule has 1 saturated heterocycles. The quantitative estimate of drug-likeness (QED) is 0.902. The largest absolute Gasteiger partial charge is 0.481 e. The maximum Gasteiger partial charge on any atom is 0.306 e. The molecule has 2 aromatic rings. The average Bonchev–Trinajstić information content (AvgIpc) is 2.94. The SMILES string of the molecule is COCc1c(C(=O)N2CCC(C(=O)O)C(C)C2)sc2cccc(F)c12. The van der Waals surface area contributed by atoms with Crippen LogP contribution in [0.5, 0.6) is 0 Å². The number of carbonyl (C=O) groups is 2. The molecule has 2 atom stereocenters. The number of halogens is 1. The second kappa shape index (κ2) is 7.09. The number of benzene rings is 1. The lowest BCUT2D eigenvalue weighted by Crippen LogP contribution is -2.45. The van der Waals surface area contributed by atoms with Gasteiger partial charge in [-0.2, -0.15) is 0 Å². The highest BCUT2D eigenvalue weighted by molar-refractivity contribution is 7.21. The molecule has 25 heavy (non-hydrogen) atoms. The molecule has 3 rings (SSSR count). The Morgan fingerprint density at radius 2 is 2.20 bits per heavy atom. The molecule has 1 aromatic carbocycles. The summed E-state index contributed by atoms with van der Waals surface area (Å²) in [6.07, 6.45) is 0.432. The molecular formula is C18H20FNO4S. The summed E-state index contributed by atoms with van der Waals surface area (Å²) in [6, 6.07) is 4.79. The van der Waals surface area contributed by atoms with Gasteiger partial charge in [-0.3, -0.25) is 9.59 Å². The molecule has 2 unspecified atom stereocenters. The summed E-state index contributed by atoms with van der Waals surface area (Å²) < 4.78 is 20.2. The Bertz CT molecular complexity index is 819. The number of thiophene rings is 1. The molecule has 0 saturated carbocycles. The first-order valence-electron chi connectivity index (χ1n) is 8.15. The number of methoxy groups -OCH3 is 1. The Hall–Kier alpha value is -1.99. The van der Waals surface area contributed by atoms with Gasteiger partial charge in [-0.15, -0.1) is 11.3 Å². The van der Waals surface area contributed by atoms with Gasteiger partial charge < -0.3 is 14.7 Å². The first-order chi connectivity index (χ1) is 11.9. The predicted molar refractivity (Wildman–Crippen MR) is 93.3 cm³/mol. The number of piperidine rings is 1. The number of amides is 1. The van der Waals surface area contributed by atoms with E-state index in [9.17, 15) is 19.1 Å². The Morgan fingerprint density at radius 3 is 2.84 bits per heavy atom. The van der Waals surface area contributed by atoms with Gasteiger partial charge in [0, 0.05) is 35.8 Å². The molecule has 0 radical (unpaired) electrons. The third-order valence-electron chi connectivity index (χ3n) is 4.76. The first kappa shape index (κ1) is 17.8. The van der Waals surface area contributed by atoms with Crippen molar-refractivity contribution in [1.82, 2.24) is 4.90 Å². The zero-order valence-electron chi connectivity index (χ0n) is 14.1. The number of rotatable bonds is 4. The number of likely N-dealkylation sites (tertiary alicyclic amines) is 1. The minimum atomic E-state index is -0.816. The third kappa shape index (κ3) is 3.26. The highest BCUT2D eigenvalue weighted by atomic mass is 32.1. The van der Waals surface area contributed by atoms with Crippen LogP contribution in [0, 0.1) is 17.7 Å². The topological polar surface area (TPSA) is 66.8 Å². The Balaban J connectivity index is 1.94. The van der Waals surface area contributed by atoms with E-state index in [4.69, 9.17) is 4.74 Å². The maximum atomic E-state index is 14.3. The lowest BCUT2D eigenvalue weighted by molar-refractivity contribution is -0.145. The molecule has 0 bridgehead atoms. The van der Waals surface area contributed by atoms with Crippen molar-refractivity contribution >= 4 is 33.3 Å². The molecule has 0 spiro atoms. The average molecular weight is 365 g/mol. The fourth-order valence-corrected chi connectivity index (χ4v) is 4.65. The predicted octanol–water partition coefficient (Wildman–Crippen LogP) is 3.37. The maximum absolute atomic E-state index is 14.3. The molecule has 1 aliphatic rings. The van der Waals surface area contributed by atoms with E-state index in [-0.39, 0.29) is 24.2 Å². The van der Waals surface area contributed by atoms with Crippen LogP contribution in [0.3, 0.4) is 0 Å². The zero-order chi connectivity index (χ0) is 18.1. The number of hydrogen-bond donors (Lipinski definition) is 1. The number of fused-ring (bicyclic) bond motifs is 1. The monoisotopic (exact) mass is 365 g/mol. The third-order valence-corrected chi connectivity index (χ3v) is 5.94. The molecule has 1 N–H and O–H groups in total. The highest BCUT2D eigenvalue weighted by Crippen LogP contribution is 2.35. The molecule has 134 valence electrons. The van der Waals surface area contributed by atoms with E-state index < -0.39 is 11.9 Å². The molecular weight excluding hydrogens is 345 g/mol. The number of carbonyl (C=O) groups excluding carboxylic acids is 1. The van der Waals surface area contributed by atoms with E-state index in [2.05, 4.69) is 0 Å². The van der Waals surface area contributed by atoms with Crippen molar-refractivity contribution < 1.29 is 23.8 Å². The number of aliphatic carboxylic acids is 1. The van der Waals surface area contributed by atoms with Crippen molar-refractivity contribution in [3.8, 4) is 0 Å². The highest BCUT2D eigenvalue weighted by Gasteiger charge is 2.34. The van der Waals surface area contributed by atoms with E-state index >= 15 is 0 Å². The van der Waals surface area contributed by atoms with Gasteiger partial charge in [-0.05, 0) is 24.5 Å². The Kier molecular flexibility index (Phi) is 5.06. The van der Waals surface area contributed by atoms with Gasteiger partial charge in [0.1, 0.15) is 5.82 Å². The van der Waals surface area contributed by atoms with Crippen LogP contribution in [0.25, 0.3) is 10.1 Å². The fraction of sp³-hybridized carbons (Fsp3) is 0.444. The van der Waals surface area contributed by atoms with Gasteiger partial charge in [0.05, 0.1) is 17.4 Å². The number of nitrogens with zero attached hydrogens (tertiary/aromatic N) is 1. The zero-order valence-corrected chi connectivity index (χ0v) is 14.9. The second-order valence-electron chi connectivity index (χ2n) is 6.42. The van der Waals surface area contributed by atoms with Crippen LogP contribution in [0.2, 0.25) is 0 Å². The molecule has 1 amide bonds. The van der Waals surface area contributed by atoms with Crippen molar-refractivity contribution in [2.45, 2.75) is 20.0 Å². The van der Waals surface area contributed by atoms with Gasteiger partial charge in [0.25, 0.3) is 5.91 Å². The number of carboxylic acids is 1. The van der Waals surface area contributed by atoms with Gasteiger partial charge >= 0.3 is 5.97 Å². The lowest BCUT2D eigenvalue weighted by Gasteiger charge is -2.34. The van der Waals surface area contributed by atoms with Crippen molar-refractivity contribution in [2.75, 3.05) is 20.2 Å². The summed E-state index contributed by atoms with van der Waals surface area (Å²) in [5.41, 5.74) is 0.568. The first-order valence-corrected chi connectivity index (χ1v) is 8.96. The van der Waals surface area contributed by atoms with E-state index in [1.54, 1.807) is 17.0 Å². The standard InChI is InChI=1S/C18H20FNO4S/c1-10-8-20(7-6-11(10)18(22)23)17(21)16-12(9-24-2)15-13(19)4-3-5-14(15)25-16/h3-5,10-11H,6-9H2,1-2H3,(H,22,23). The van der Waals surface area contributed by atoms with Crippen LogP contribution in [-0.4, -0.2) is 42.1 Å². The molecule has 2 heterocycles. The summed E-state index contributed by atoms with van der Waals surface area (Å²) in [4.78, 5) is 26.4. The minimum Gasteiger partial charge on any atom is -0.481 e. The Morgan fingerprint density at radius 1 is 1.44 bits per heavy atom. The molecule has 1 aromatic heterocycles. The van der Waals surface area contributed by atoms with Crippen molar-refractivity contribution in [1.29, 1.82) is 0 Å². The summed E-state index contributed by atoms with van der Waals surface area (Å²) >= 11 is 1.26. The van der Waals surface area contributed by atoms with Crippen molar-refractivity contribution in [3.63, 3.8) is 0 Å². The van der Waals surface area contributed by atoms with E-state index in [1.165, 1.54) is 24.5 Å². The number of ether oxygens (including phenoxy) is 1. The van der Waals surface area contributed by atoms with E-state index in [0.29, 0.717) is 40.0 Å². The van der Waals surface area contributed by atoms with Crippen LogP contribution >= 0.6 is 11.3 Å². The van der Waals surface area contributed by atoms with E-state index in [0.717, 1.165) is 0 Å². The number of carboxylic acid groups (broad SMARTS) is 1. The normalized spacial score (nSPS) is 20.8. The molecule has 1 fully saturated rings. The van der Waals surface area contributed by atoms with Crippen LogP contribution in [0.15, 0.2) is 18.2 Å². The smallest absolute Gasteiger partial charge is 0.306 e. The molecule has 7 heteroatoms. The van der Waals surface area contributed by atoms with Gasteiger partial charge in [0.2, 0.25) is 0 Å². The van der Waals surface area contributed by atoms with Gasteiger partial charge in [0.15, 0.2) is 0 Å². The number of hydrogen-bond acceptors (Lipinski definition) is 4.